The van der Waals surface area contributed by atoms with Gasteiger partial charge in [0.05, 0.1) is 12.2 Å². The molecular formula is C13H16FN5O2. The molecule has 3 amide bonds. The molecule has 1 unspecified atom stereocenters. The highest BCUT2D eigenvalue weighted by molar-refractivity contribution is 6.07. The minimum absolute atomic E-state index is 0.190. The Morgan fingerprint density at radius 3 is 2.90 bits per heavy atom. The Morgan fingerprint density at radius 1 is 1.43 bits per heavy atom. The van der Waals surface area contributed by atoms with Gasteiger partial charge in [-0.15, -0.1) is 0 Å². The number of carbonyl (C=O) groups is 2. The molecule has 0 radical (unpaired) electrons. The van der Waals surface area contributed by atoms with E-state index < -0.39 is 17.4 Å². The van der Waals surface area contributed by atoms with Gasteiger partial charge in [0.25, 0.3) is 5.91 Å². The van der Waals surface area contributed by atoms with Gasteiger partial charge in [0.1, 0.15) is 11.9 Å². The molecule has 3 rings (SSSR count). The van der Waals surface area contributed by atoms with Gasteiger partial charge in [0.15, 0.2) is 11.6 Å². The first-order chi connectivity index (χ1) is 10.1. The van der Waals surface area contributed by atoms with Crippen LogP contribution in [0.3, 0.4) is 0 Å². The number of imide groups is 1. The molecular weight excluding hydrogens is 277 g/mol. The van der Waals surface area contributed by atoms with Gasteiger partial charge in [-0.25, -0.2) is 19.2 Å². The number of hydrogen-bond acceptors (Lipinski definition) is 5. The monoisotopic (exact) mass is 293 g/mol. The van der Waals surface area contributed by atoms with Crippen molar-refractivity contribution < 1.29 is 14.0 Å². The summed E-state index contributed by atoms with van der Waals surface area (Å²) in [5.74, 6) is -0.626. The summed E-state index contributed by atoms with van der Waals surface area (Å²) in [5.41, 5.74) is -0.640. The topological polar surface area (TPSA) is 87.2 Å². The summed E-state index contributed by atoms with van der Waals surface area (Å²) >= 11 is 0. The second kappa shape index (κ2) is 4.94. The average Bonchev–Trinajstić information content (AvgIpc) is 2.73. The molecule has 2 aliphatic rings. The molecule has 2 aliphatic heterocycles. The molecule has 2 saturated heterocycles. The number of halogens is 1. The van der Waals surface area contributed by atoms with Crippen LogP contribution in [-0.2, 0) is 11.2 Å². The zero-order chi connectivity index (χ0) is 15.0. The predicted octanol–water partition coefficient (Wildman–Crippen LogP) is 0.357. The molecule has 2 N–H and O–H groups in total. The van der Waals surface area contributed by atoms with E-state index in [0.29, 0.717) is 31.5 Å². The maximum Gasteiger partial charge on any atom is 0.322 e. The zero-order valence-corrected chi connectivity index (χ0v) is 11.6. The van der Waals surface area contributed by atoms with Crippen molar-refractivity contribution in [1.29, 1.82) is 0 Å². The van der Waals surface area contributed by atoms with Gasteiger partial charge in [0.2, 0.25) is 0 Å². The third-order valence-corrected chi connectivity index (χ3v) is 3.98. The number of urea groups is 1. The maximum atomic E-state index is 14.4. The van der Waals surface area contributed by atoms with E-state index in [0.717, 1.165) is 0 Å². The maximum absolute atomic E-state index is 14.4. The van der Waals surface area contributed by atoms with Crippen LogP contribution in [0, 0.1) is 5.82 Å². The molecule has 21 heavy (non-hydrogen) atoms. The number of piperidine rings is 1. The molecule has 1 aromatic rings. The largest absolute Gasteiger partial charge is 0.351 e. The van der Waals surface area contributed by atoms with Crippen molar-refractivity contribution in [3.05, 3.63) is 17.8 Å². The van der Waals surface area contributed by atoms with Crippen LogP contribution < -0.4 is 15.5 Å². The van der Waals surface area contributed by atoms with Gasteiger partial charge in [0, 0.05) is 6.54 Å². The first kappa shape index (κ1) is 13.7. The molecule has 2 fully saturated rings. The van der Waals surface area contributed by atoms with Gasteiger partial charge < -0.3 is 10.2 Å². The number of amides is 3. The van der Waals surface area contributed by atoms with Crippen LogP contribution in [-0.4, -0.2) is 40.5 Å². The molecule has 0 bridgehead atoms. The minimum Gasteiger partial charge on any atom is -0.351 e. The van der Waals surface area contributed by atoms with Crippen molar-refractivity contribution in [2.75, 3.05) is 18.0 Å². The van der Waals surface area contributed by atoms with E-state index in [2.05, 4.69) is 20.6 Å². The smallest absolute Gasteiger partial charge is 0.322 e. The van der Waals surface area contributed by atoms with E-state index in [1.165, 1.54) is 6.33 Å². The summed E-state index contributed by atoms with van der Waals surface area (Å²) in [6.45, 7) is 2.61. The summed E-state index contributed by atoms with van der Waals surface area (Å²) in [6.07, 6.45) is 3.00. The molecule has 1 spiro atoms. The molecule has 1 atom stereocenters. The van der Waals surface area contributed by atoms with Gasteiger partial charge in [-0.05, 0) is 19.3 Å². The predicted molar refractivity (Wildman–Crippen MR) is 72.2 cm³/mol. The highest BCUT2D eigenvalue weighted by atomic mass is 19.1. The number of carbonyl (C=O) groups excluding carboxylic acids is 2. The summed E-state index contributed by atoms with van der Waals surface area (Å²) in [7, 11) is 0. The van der Waals surface area contributed by atoms with Gasteiger partial charge in [-0.1, -0.05) is 6.92 Å². The fourth-order valence-electron chi connectivity index (χ4n) is 2.91. The van der Waals surface area contributed by atoms with E-state index >= 15 is 0 Å². The van der Waals surface area contributed by atoms with Crippen LogP contribution in [0.4, 0.5) is 15.0 Å². The number of hydrogen-bond donors (Lipinski definition) is 2. The SMILES string of the molecule is CCc1ncnc(N2CCCC3(C2)NC(=O)NC3=O)c1F. The highest BCUT2D eigenvalue weighted by Crippen LogP contribution is 2.29. The fraction of sp³-hybridized carbons (Fsp3) is 0.538. The lowest BCUT2D eigenvalue weighted by molar-refractivity contribution is -0.124. The van der Waals surface area contributed by atoms with Crippen LogP contribution in [0.5, 0.6) is 0 Å². The van der Waals surface area contributed by atoms with Gasteiger partial charge in [-0.3, -0.25) is 10.1 Å². The summed E-state index contributed by atoms with van der Waals surface area (Å²) in [4.78, 5) is 33.0. The number of nitrogens with one attached hydrogen (secondary N) is 2. The van der Waals surface area contributed by atoms with Gasteiger partial charge >= 0.3 is 6.03 Å². The number of rotatable bonds is 2. The van der Waals surface area contributed by atoms with Crippen molar-refractivity contribution in [3.63, 3.8) is 0 Å². The van der Waals surface area contributed by atoms with Crippen molar-refractivity contribution in [2.45, 2.75) is 31.7 Å². The van der Waals surface area contributed by atoms with Crippen molar-refractivity contribution in [3.8, 4) is 0 Å². The molecule has 7 nitrogen and oxygen atoms in total. The first-order valence-corrected chi connectivity index (χ1v) is 6.93. The van der Waals surface area contributed by atoms with Crippen molar-refractivity contribution >= 4 is 17.8 Å². The molecule has 112 valence electrons. The lowest BCUT2D eigenvalue weighted by Gasteiger charge is -2.38. The third kappa shape index (κ3) is 2.20. The molecule has 3 heterocycles. The molecule has 0 saturated carbocycles. The lowest BCUT2D eigenvalue weighted by Crippen LogP contribution is -2.59. The number of nitrogens with zero attached hydrogens (tertiary/aromatic N) is 3. The third-order valence-electron chi connectivity index (χ3n) is 3.98. The van der Waals surface area contributed by atoms with Gasteiger partial charge in [-0.2, -0.15) is 0 Å². The molecule has 1 aromatic heterocycles. The quantitative estimate of drug-likeness (QED) is 0.769. The van der Waals surface area contributed by atoms with Crippen LogP contribution in [0.25, 0.3) is 0 Å². The van der Waals surface area contributed by atoms with Crippen LogP contribution in [0.15, 0.2) is 6.33 Å². The number of anilines is 1. The Hall–Kier alpha value is -2.25. The molecule has 0 aliphatic carbocycles. The minimum atomic E-state index is -0.987. The molecule has 8 heteroatoms. The van der Waals surface area contributed by atoms with E-state index in [4.69, 9.17) is 0 Å². The van der Waals surface area contributed by atoms with E-state index in [1.54, 1.807) is 4.90 Å². The van der Waals surface area contributed by atoms with E-state index in [1.807, 2.05) is 6.92 Å². The van der Waals surface area contributed by atoms with Crippen molar-refractivity contribution in [1.82, 2.24) is 20.6 Å². The fourth-order valence-corrected chi connectivity index (χ4v) is 2.91. The zero-order valence-electron chi connectivity index (χ0n) is 11.6. The van der Waals surface area contributed by atoms with E-state index in [9.17, 15) is 14.0 Å². The highest BCUT2D eigenvalue weighted by Gasteiger charge is 2.49. The summed E-state index contributed by atoms with van der Waals surface area (Å²) in [5, 5.41) is 4.90. The number of aryl methyl sites for hydroxylation is 1. The van der Waals surface area contributed by atoms with E-state index in [-0.39, 0.29) is 18.3 Å². The Morgan fingerprint density at radius 2 is 2.24 bits per heavy atom. The van der Waals surface area contributed by atoms with Crippen LogP contribution in [0.2, 0.25) is 0 Å². The average molecular weight is 293 g/mol. The standard InChI is InChI=1S/C13H16FN5O2/c1-2-8-9(14)10(16-7-15-8)19-5-3-4-13(6-19)11(20)17-12(21)18-13/h7H,2-6H2,1H3,(H2,17,18,20,21). The van der Waals surface area contributed by atoms with Crippen molar-refractivity contribution in [2.24, 2.45) is 0 Å². The normalized spacial score (nSPS) is 25.1. The van der Waals surface area contributed by atoms with Crippen LogP contribution >= 0.6 is 0 Å². The Balaban J connectivity index is 1.90. The lowest BCUT2D eigenvalue weighted by atomic mass is 9.89. The Labute approximate surface area is 120 Å². The van der Waals surface area contributed by atoms with Crippen LogP contribution in [0.1, 0.15) is 25.5 Å². The molecule has 0 aromatic carbocycles. The first-order valence-electron chi connectivity index (χ1n) is 6.93. The summed E-state index contributed by atoms with van der Waals surface area (Å²) < 4.78 is 14.4. The Kier molecular flexibility index (Phi) is 3.23. The number of aromatic nitrogens is 2. The second-order valence-corrected chi connectivity index (χ2v) is 5.33. The second-order valence-electron chi connectivity index (χ2n) is 5.33. The summed E-state index contributed by atoms with van der Waals surface area (Å²) in [6, 6.07) is -0.501. The Bertz CT molecular complexity index is 608.